The van der Waals surface area contributed by atoms with Crippen LogP contribution in [0, 0.1) is 15.9 Å². The Bertz CT molecular complexity index is 764. The molecule has 1 N–H and O–H groups in total. The van der Waals surface area contributed by atoms with Crippen LogP contribution in [0.5, 0.6) is 11.5 Å². The largest absolute Gasteiger partial charge is 0.497 e. The second-order valence-electron chi connectivity index (χ2n) is 4.44. The summed E-state index contributed by atoms with van der Waals surface area (Å²) in [5.41, 5.74) is -0.458. The molecule has 0 bridgehead atoms. The topological polar surface area (TPSA) is 90.7 Å². The summed E-state index contributed by atoms with van der Waals surface area (Å²) in [6.45, 7) is 0. The minimum Gasteiger partial charge on any atom is -0.497 e. The van der Waals surface area contributed by atoms with Crippen molar-refractivity contribution >= 4 is 17.3 Å². The van der Waals surface area contributed by atoms with Gasteiger partial charge >= 0.3 is 5.69 Å². The number of nitrogens with zero attached hydrogens (tertiary/aromatic N) is 1. The molecule has 23 heavy (non-hydrogen) atoms. The standard InChI is InChI=1S/C15H13FN2O5/c1-22-10-4-6-12(14(8-10)23-2)17-15(19)9-3-5-11(16)13(7-9)18(20)21/h3-8H,1-2H3,(H,17,19). The van der Waals surface area contributed by atoms with E-state index in [0.717, 1.165) is 18.2 Å². The Balaban J connectivity index is 2.29. The number of carbonyl (C=O) groups is 1. The number of carbonyl (C=O) groups excluding carboxylic acids is 1. The van der Waals surface area contributed by atoms with Crippen molar-refractivity contribution in [1.82, 2.24) is 0 Å². The lowest BCUT2D eigenvalue weighted by atomic mass is 10.1. The van der Waals surface area contributed by atoms with Crippen molar-refractivity contribution in [2.75, 3.05) is 19.5 Å². The molecule has 8 heteroatoms. The summed E-state index contributed by atoms with van der Waals surface area (Å²) in [6, 6.07) is 7.66. The third-order valence-electron chi connectivity index (χ3n) is 3.06. The lowest BCUT2D eigenvalue weighted by molar-refractivity contribution is -0.387. The maximum Gasteiger partial charge on any atom is 0.305 e. The smallest absolute Gasteiger partial charge is 0.305 e. The van der Waals surface area contributed by atoms with Gasteiger partial charge in [-0.25, -0.2) is 0 Å². The molecule has 0 fully saturated rings. The van der Waals surface area contributed by atoms with Gasteiger partial charge in [0, 0.05) is 17.7 Å². The average Bonchev–Trinajstić information content (AvgIpc) is 2.55. The molecule has 0 aliphatic heterocycles. The fourth-order valence-electron chi connectivity index (χ4n) is 1.89. The summed E-state index contributed by atoms with van der Waals surface area (Å²) in [6.07, 6.45) is 0. The number of nitro groups is 1. The highest BCUT2D eigenvalue weighted by molar-refractivity contribution is 6.05. The highest BCUT2D eigenvalue weighted by atomic mass is 19.1. The van der Waals surface area contributed by atoms with E-state index in [-0.39, 0.29) is 5.56 Å². The summed E-state index contributed by atoms with van der Waals surface area (Å²) in [5, 5.41) is 13.3. The van der Waals surface area contributed by atoms with Crippen LogP contribution in [0.3, 0.4) is 0 Å². The van der Waals surface area contributed by atoms with Gasteiger partial charge in [-0.3, -0.25) is 14.9 Å². The maximum atomic E-state index is 13.3. The summed E-state index contributed by atoms with van der Waals surface area (Å²) in [5.74, 6) is -0.739. The van der Waals surface area contributed by atoms with E-state index in [1.165, 1.54) is 14.2 Å². The second kappa shape index (κ2) is 6.73. The number of rotatable bonds is 5. The molecular weight excluding hydrogens is 307 g/mol. The molecule has 120 valence electrons. The highest BCUT2D eigenvalue weighted by Gasteiger charge is 2.18. The molecule has 0 aliphatic carbocycles. The zero-order chi connectivity index (χ0) is 17.0. The van der Waals surface area contributed by atoms with Gasteiger partial charge in [-0.15, -0.1) is 0 Å². The Morgan fingerprint density at radius 2 is 1.91 bits per heavy atom. The molecule has 0 spiro atoms. The van der Waals surface area contributed by atoms with Crippen molar-refractivity contribution in [2.45, 2.75) is 0 Å². The molecular formula is C15H13FN2O5. The van der Waals surface area contributed by atoms with Gasteiger partial charge in [-0.2, -0.15) is 4.39 Å². The van der Waals surface area contributed by atoms with E-state index in [1.54, 1.807) is 18.2 Å². The van der Waals surface area contributed by atoms with Crippen LogP contribution in [0.2, 0.25) is 0 Å². The molecule has 2 rings (SSSR count). The molecule has 0 saturated carbocycles. The van der Waals surface area contributed by atoms with E-state index in [1.807, 2.05) is 0 Å². The average molecular weight is 320 g/mol. The van der Waals surface area contributed by atoms with Gasteiger partial charge in [0.05, 0.1) is 24.8 Å². The van der Waals surface area contributed by atoms with E-state index in [0.29, 0.717) is 17.2 Å². The van der Waals surface area contributed by atoms with Crippen LogP contribution in [0.25, 0.3) is 0 Å². The zero-order valence-corrected chi connectivity index (χ0v) is 12.3. The van der Waals surface area contributed by atoms with Crippen molar-refractivity contribution < 1.29 is 23.6 Å². The molecule has 7 nitrogen and oxygen atoms in total. The first-order valence-corrected chi connectivity index (χ1v) is 6.43. The Labute approximate surface area is 130 Å². The van der Waals surface area contributed by atoms with Crippen LogP contribution >= 0.6 is 0 Å². The van der Waals surface area contributed by atoms with Gasteiger partial charge in [-0.05, 0) is 24.3 Å². The van der Waals surface area contributed by atoms with Gasteiger partial charge in [0.25, 0.3) is 5.91 Å². The molecule has 1 amide bonds. The van der Waals surface area contributed by atoms with E-state index >= 15 is 0 Å². The van der Waals surface area contributed by atoms with Crippen molar-refractivity contribution in [1.29, 1.82) is 0 Å². The molecule has 2 aromatic carbocycles. The molecule has 0 unspecified atom stereocenters. The van der Waals surface area contributed by atoms with Crippen LogP contribution in [0.4, 0.5) is 15.8 Å². The van der Waals surface area contributed by atoms with Crippen LogP contribution in [0.15, 0.2) is 36.4 Å². The van der Waals surface area contributed by atoms with Crippen LogP contribution < -0.4 is 14.8 Å². The van der Waals surface area contributed by atoms with Crippen molar-refractivity contribution in [2.24, 2.45) is 0 Å². The van der Waals surface area contributed by atoms with Crippen LogP contribution in [-0.4, -0.2) is 25.1 Å². The molecule has 0 saturated heterocycles. The van der Waals surface area contributed by atoms with Gasteiger partial charge < -0.3 is 14.8 Å². The molecule has 0 aliphatic rings. The van der Waals surface area contributed by atoms with Gasteiger partial charge in [0.2, 0.25) is 5.82 Å². The lowest BCUT2D eigenvalue weighted by Gasteiger charge is -2.11. The number of hydrogen-bond acceptors (Lipinski definition) is 5. The Hall–Kier alpha value is -3.16. The Morgan fingerprint density at radius 1 is 1.17 bits per heavy atom. The molecule has 0 atom stereocenters. The Morgan fingerprint density at radius 3 is 2.52 bits per heavy atom. The summed E-state index contributed by atoms with van der Waals surface area (Å²) < 4.78 is 23.5. The minimum absolute atomic E-state index is 0.0454. The summed E-state index contributed by atoms with van der Waals surface area (Å²) in [7, 11) is 2.91. The van der Waals surface area contributed by atoms with E-state index in [2.05, 4.69) is 5.32 Å². The fraction of sp³-hybridized carbons (Fsp3) is 0.133. The van der Waals surface area contributed by atoms with E-state index in [9.17, 15) is 19.3 Å². The number of anilines is 1. The van der Waals surface area contributed by atoms with E-state index < -0.39 is 22.3 Å². The number of ether oxygens (including phenoxy) is 2. The third-order valence-corrected chi connectivity index (χ3v) is 3.06. The zero-order valence-electron chi connectivity index (χ0n) is 12.3. The number of benzene rings is 2. The van der Waals surface area contributed by atoms with Gasteiger partial charge in [0.1, 0.15) is 11.5 Å². The SMILES string of the molecule is COc1ccc(NC(=O)c2ccc(F)c([N+](=O)[O-])c2)c(OC)c1. The van der Waals surface area contributed by atoms with Crippen molar-refractivity contribution in [3.05, 3.63) is 57.9 Å². The van der Waals surface area contributed by atoms with Crippen molar-refractivity contribution in [3.63, 3.8) is 0 Å². The predicted molar refractivity (Wildman–Crippen MR) is 80.6 cm³/mol. The number of halogens is 1. The van der Waals surface area contributed by atoms with Crippen LogP contribution in [0.1, 0.15) is 10.4 Å². The predicted octanol–water partition coefficient (Wildman–Crippen LogP) is 3.00. The maximum absolute atomic E-state index is 13.3. The minimum atomic E-state index is -1.01. The van der Waals surface area contributed by atoms with Crippen molar-refractivity contribution in [3.8, 4) is 11.5 Å². The number of nitrogens with one attached hydrogen (secondary N) is 1. The summed E-state index contributed by atoms with van der Waals surface area (Å²) in [4.78, 5) is 22.0. The number of hydrogen-bond donors (Lipinski definition) is 1. The Kier molecular flexibility index (Phi) is 4.75. The van der Waals surface area contributed by atoms with Gasteiger partial charge in [-0.1, -0.05) is 0 Å². The third kappa shape index (κ3) is 3.54. The quantitative estimate of drug-likeness (QED) is 0.675. The molecule has 2 aromatic rings. The monoisotopic (exact) mass is 320 g/mol. The number of methoxy groups -OCH3 is 2. The van der Waals surface area contributed by atoms with Gasteiger partial charge in [0.15, 0.2) is 0 Å². The molecule has 0 heterocycles. The molecule has 0 aromatic heterocycles. The number of amides is 1. The first-order chi connectivity index (χ1) is 11.0. The lowest BCUT2D eigenvalue weighted by Crippen LogP contribution is -2.13. The first-order valence-electron chi connectivity index (χ1n) is 6.43. The summed E-state index contributed by atoms with van der Waals surface area (Å²) >= 11 is 0. The first kappa shape index (κ1) is 16.2. The normalized spacial score (nSPS) is 10.0. The van der Waals surface area contributed by atoms with Crippen LogP contribution in [-0.2, 0) is 0 Å². The van der Waals surface area contributed by atoms with E-state index in [4.69, 9.17) is 9.47 Å². The number of nitro benzene ring substituents is 1. The highest BCUT2D eigenvalue weighted by Crippen LogP contribution is 2.29. The fourth-order valence-corrected chi connectivity index (χ4v) is 1.89. The molecule has 0 radical (unpaired) electrons. The second-order valence-corrected chi connectivity index (χ2v) is 4.44.